The van der Waals surface area contributed by atoms with Gasteiger partial charge >= 0.3 is 315 Å². The predicted octanol–water partition coefficient (Wildman–Crippen LogP) is 9.87. The van der Waals surface area contributed by atoms with E-state index in [9.17, 15) is 0 Å². The summed E-state index contributed by atoms with van der Waals surface area (Å²) in [6.07, 6.45) is 8.66. The van der Waals surface area contributed by atoms with Crippen molar-refractivity contribution in [1.82, 2.24) is 9.80 Å². The van der Waals surface area contributed by atoms with Crippen LogP contribution < -0.4 is 19.8 Å². The van der Waals surface area contributed by atoms with E-state index in [1.54, 1.807) is 0 Å². The van der Waals surface area contributed by atoms with E-state index in [2.05, 4.69) is 228 Å². The molecule has 4 heterocycles. The summed E-state index contributed by atoms with van der Waals surface area (Å²) < 4.78 is 2.52. The Hall–Kier alpha value is -5.97. The number of fused-ring (bicyclic) bond motifs is 10. The fourth-order valence-electron chi connectivity index (χ4n) is 7.97. The molecule has 7 heteroatoms. The number of hydrogen-bond acceptors (Lipinski definition) is 6. The Labute approximate surface area is 325 Å². The van der Waals surface area contributed by atoms with Gasteiger partial charge in [0.25, 0.3) is 0 Å². The second-order valence-corrected chi connectivity index (χ2v) is 16.9. The van der Waals surface area contributed by atoms with Crippen LogP contribution in [-0.4, -0.2) is 32.2 Å². The van der Waals surface area contributed by atoms with E-state index < -0.39 is 17.6 Å². The first kappa shape index (κ1) is 32.7. The van der Waals surface area contributed by atoms with Crippen molar-refractivity contribution in [3.8, 4) is 22.3 Å². The van der Waals surface area contributed by atoms with Crippen molar-refractivity contribution in [3.63, 3.8) is 0 Å². The molecule has 0 aliphatic carbocycles. The van der Waals surface area contributed by atoms with Crippen molar-refractivity contribution in [1.29, 1.82) is 0 Å². The fraction of sp³-hybridized carbons (Fsp3) is 0.106. The van der Waals surface area contributed by atoms with Crippen molar-refractivity contribution in [2.75, 3.05) is 33.9 Å². The van der Waals surface area contributed by atoms with Crippen LogP contribution in [0.4, 0.5) is 34.1 Å². The molecule has 10 rings (SSSR count). The van der Waals surface area contributed by atoms with E-state index in [1.165, 1.54) is 30.5 Å². The Morgan fingerprint density at radius 2 is 0.870 bits per heavy atom. The molecule has 0 atom stereocenters. The van der Waals surface area contributed by atoms with Crippen molar-refractivity contribution < 1.29 is 17.6 Å². The topological polar surface area (TPSA) is 19.4 Å². The number of nitrogens with zero attached hydrogens (tertiary/aromatic N) is 6. The first-order valence-corrected chi connectivity index (χ1v) is 20.4. The molecule has 0 unspecified atom stereocenters. The van der Waals surface area contributed by atoms with Gasteiger partial charge in [-0.05, 0) is 0 Å². The van der Waals surface area contributed by atoms with Crippen LogP contribution in [0.3, 0.4) is 0 Å². The molecular weight excluding hydrogens is 844 g/mol. The zero-order valence-electron chi connectivity index (χ0n) is 30.5. The number of para-hydroxylation sites is 2. The third-order valence-electron chi connectivity index (χ3n) is 10.6. The van der Waals surface area contributed by atoms with Gasteiger partial charge in [0, 0.05) is 0 Å². The second kappa shape index (κ2) is 12.6. The molecule has 0 amide bonds. The van der Waals surface area contributed by atoms with E-state index in [0.717, 1.165) is 45.3 Å². The van der Waals surface area contributed by atoms with Crippen LogP contribution in [0, 0.1) is 12.1 Å². The molecule has 0 N–H and O–H groups in total. The molecule has 0 saturated carbocycles. The van der Waals surface area contributed by atoms with Crippen LogP contribution in [-0.2, 0) is 23.1 Å². The molecule has 0 radical (unpaired) electrons. The standard InChI is InChI=1S/C47H38N6.Pt/c1-47(2)43-25-13-23-41(35-15-7-5-8-16-35)45(43)53(46-42(24-14-26-44(46)47)36-17-9-6-10-18-36)52(39-21-11-19-37(31-39)50-29-27-48(3)33-50)40-22-12-20-38(32-40)51-30-28-49(4)34-51;/h5-30H,1-4H3;/q-2;. The Morgan fingerprint density at radius 3 is 1.33 bits per heavy atom. The summed E-state index contributed by atoms with van der Waals surface area (Å²) in [6, 6.07) is 56.1. The maximum absolute atomic E-state index is 3.94. The van der Waals surface area contributed by atoms with E-state index >= 15 is 0 Å². The summed E-state index contributed by atoms with van der Waals surface area (Å²) >= 11 is -0.617. The normalized spacial score (nSPS) is 16.7. The van der Waals surface area contributed by atoms with E-state index in [-0.39, 0.29) is 5.41 Å². The quantitative estimate of drug-likeness (QED) is 0.164. The van der Waals surface area contributed by atoms with Crippen molar-refractivity contribution in [3.05, 3.63) is 182 Å². The van der Waals surface area contributed by atoms with Gasteiger partial charge in [-0.3, -0.25) is 0 Å². The summed E-state index contributed by atoms with van der Waals surface area (Å²) in [7, 11) is 4.29. The van der Waals surface area contributed by atoms with Gasteiger partial charge in [-0.25, -0.2) is 0 Å². The van der Waals surface area contributed by atoms with Crippen molar-refractivity contribution in [2.45, 2.75) is 19.3 Å². The molecule has 0 spiro atoms. The Balaban J connectivity index is 1.33. The molecule has 4 aliphatic rings. The van der Waals surface area contributed by atoms with Gasteiger partial charge in [-0.15, -0.1) is 0 Å². The summed E-state index contributed by atoms with van der Waals surface area (Å²) in [4.78, 5) is 9.15. The summed E-state index contributed by atoms with van der Waals surface area (Å²) in [6.45, 7) is 4.73. The van der Waals surface area contributed by atoms with Gasteiger partial charge in [-0.1, -0.05) is 12.1 Å². The number of anilines is 6. The molecular formula is C47H38N6Pt-2. The number of benzene rings is 6. The molecule has 6 aromatic carbocycles. The Morgan fingerprint density at radius 1 is 0.444 bits per heavy atom. The maximum atomic E-state index is 3.94. The van der Waals surface area contributed by atoms with E-state index in [1.807, 2.05) is 0 Å². The van der Waals surface area contributed by atoms with Crippen LogP contribution in [0.5, 0.6) is 0 Å². The minimum atomic E-state index is -0.617. The molecule has 0 saturated heterocycles. The summed E-state index contributed by atoms with van der Waals surface area (Å²) in [5.74, 6) is 0. The molecule has 4 bridgehead atoms. The number of hydrazine groups is 1. The van der Waals surface area contributed by atoms with Gasteiger partial charge in [0.15, 0.2) is 0 Å². The monoisotopic (exact) mass is 881 g/mol. The summed E-state index contributed by atoms with van der Waals surface area (Å²) in [5, 5.41) is 4.82. The molecule has 6 aromatic rings. The molecule has 268 valence electrons. The first-order valence-electron chi connectivity index (χ1n) is 18.1. The third-order valence-corrected chi connectivity index (χ3v) is 14.4. The van der Waals surface area contributed by atoms with Crippen LogP contribution in [0.1, 0.15) is 25.0 Å². The van der Waals surface area contributed by atoms with E-state index in [0.29, 0.717) is 0 Å². The SMILES string of the molecule is CN1C=CN2[C]1=[Pt]=[C]1N(C)C=CN1c1[c-]c(ccc1)N(N1c3c(-c4ccccc4)cccc3C(C)(C)c3cccc(-c4ccccc4)c31)c1[c-]c2ccc1. The average molecular weight is 882 g/mol. The zero-order chi connectivity index (χ0) is 36.6. The fourth-order valence-corrected chi connectivity index (χ4v) is 11.0. The molecule has 54 heavy (non-hydrogen) atoms. The van der Waals surface area contributed by atoms with Gasteiger partial charge in [-0.2, -0.15) is 0 Å². The zero-order valence-corrected chi connectivity index (χ0v) is 32.8. The molecule has 6 nitrogen and oxygen atoms in total. The van der Waals surface area contributed by atoms with Crippen molar-refractivity contribution >= 4 is 42.4 Å². The van der Waals surface area contributed by atoms with Crippen molar-refractivity contribution in [2.24, 2.45) is 0 Å². The average Bonchev–Trinajstić information content (AvgIpc) is 3.77. The van der Waals surface area contributed by atoms with Crippen LogP contribution in [0.25, 0.3) is 22.3 Å². The Bertz CT molecular complexity index is 2410. The molecule has 0 aromatic heterocycles. The van der Waals surface area contributed by atoms with E-state index in [4.69, 9.17) is 0 Å². The summed E-state index contributed by atoms with van der Waals surface area (Å²) in [5.41, 5.74) is 13.0. The van der Waals surface area contributed by atoms with Crippen LogP contribution in [0.15, 0.2) is 158 Å². The second-order valence-electron chi connectivity index (χ2n) is 14.3. The van der Waals surface area contributed by atoms with Crippen LogP contribution in [0.2, 0.25) is 0 Å². The van der Waals surface area contributed by atoms with Gasteiger partial charge < -0.3 is 0 Å². The van der Waals surface area contributed by atoms with Gasteiger partial charge in [0.05, 0.1) is 0 Å². The minimum absolute atomic E-state index is 0.312. The molecule has 4 aliphatic heterocycles. The third kappa shape index (κ3) is 5.04. The van der Waals surface area contributed by atoms with Gasteiger partial charge in [0.2, 0.25) is 0 Å². The predicted molar refractivity (Wildman–Crippen MR) is 219 cm³/mol. The molecule has 0 fully saturated rings. The number of rotatable bonds is 3. The van der Waals surface area contributed by atoms with Crippen LogP contribution >= 0.6 is 0 Å². The Kier molecular flexibility index (Phi) is 7.60. The number of hydrogen-bond donors (Lipinski definition) is 0. The first-order chi connectivity index (χ1) is 26.4. The van der Waals surface area contributed by atoms with Gasteiger partial charge in [0.1, 0.15) is 0 Å².